The van der Waals surface area contributed by atoms with Crippen molar-refractivity contribution < 1.29 is 71.8 Å². The number of carbonyl (C=O) groups excluding carboxylic acids is 2. The highest BCUT2D eigenvalue weighted by atomic mass is 31.2. The van der Waals surface area contributed by atoms with Crippen LogP contribution in [0.5, 0.6) is 0 Å². The SMILES string of the molecule is CC/C=C\C/C=C\C/C=C\C/C=C\C[C@H](O)[C@@H](O)CCCC(=O)OC[C@H](COP(=O)(O)OC[C@@H](O)COP(=O)(O)O)OC(=O)CCCCCCCCCCCCCCCCCC(C)C. The molecule has 0 bridgehead atoms. The fraction of sp³-hybridized carbons (Fsp3) is 0.787. The molecule has 0 aromatic carbocycles. The fourth-order valence-electron chi connectivity index (χ4n) is 6.39. The van der Waals surface area contributed by atoms with Gasteiger partial charge >= 0.3 is 27.6 Å². The highest BCUT2D eigenvalue weighted by Crippen LogP contribution is 2.44. The van der Waals surface area contributed by atoms with Crippen molar-refractivity contribution in [3.63, 3.8) is 0 Å². The minimum atomic E-state index is -4.90. The Bertz CT molecular complexity index is 1360. The van der Waals surface area contributed by atoms with E-state index in [9.17, 15) is 38.9 Å². The monoisotopic (exact) mass is 953 g/mol. The molecule has 0 aromatic rings. The van der Waals surface area contributed by atoms with Crippen molar-refractivity contribution >= 4 is 27.6 Å². The van der Waals surface area contributed by atoms with Gasteiger partial charge in [0, 0.05) is 12.8 Å². The largest absolute Gasteiger partial charge is 0.472 e. The second-order valence-electron chi connectivity index (χ2n) is 16.8. The molecule has 6 N–H and O–H groups in total. The number of esters is 2. The van der Waals surface area contributed by atoms with E-state index in [2.05, 4.69) is 60.2 Å². The van der Waals surface area contributed by atoms with E-state index in [0.29, 0.717) is 12.8 Å². The normalized spacial score (nSPS) is 15.4. The first-order valence-electron chi connectivity index (χ1n) is 23.9. The lowest BCUT2D eigenvalue weighted by atomic mass is 10.0. The van der Waals surface area contributed by atoms with E-state index in [0.717, 1.165) is 50.9 Å². The summed E-state index contributed by atoms with van der Waals surface area (Å²) in [6.45, 7) is 3.66. The van der Waals surface area contributed by atoms with Crippen LogP contribution in [-0.2, 0) is 41.8 Å². The van der Waals surface area contributed by atoms with E-state index in [4.69, 9.17) is 23.8 Å². The zero-order valence-electron chi connectivity index (χ0n) is 39.3. The van der Waals surface area contributed by atoms with Gasteiger partial charge in [0.1, 0.15) is 12.7 Å². The number of ether oxygens (including phenoxy) is 2. The van der Waals surface area contributed by atoms with Crippen LogP contribution in [0.25, 0.3) is 0 Å². The molecule has 0 aromatic heterocycles. The first-order valence-corrected chi connectivity index (χ1v) is 26.9. The van der Waals surface area contributed by atoms with Crippen LogP contribution in [0.15, 0.2) is 48.6 Å². The minimum Gasteiger partial charge on any atom is -0.462 e. The van der Waals surface area contributed by atoms with Crippen LogP contribution in [0.4, 0.5) is 0 Å². The van der Waals surface area contributed by atoms with Gasteiger partial charge in [0.15, 0.2) is 6.10 Å². The number of hydrogen-bond acceptors (Lipinski definition) is 12. The second-order valence-corrected chi connectivity index (χ2v) is 19.5. The summed E-state index contributed by atoms with van der Waals surface area (Å²) in [5.74, 6) is -0.512. The van der Waals surface area contributed by atoms with Gasteiger partial charge in [-0.1, -0.05) is 166 Å². The third-order valence-corrected chi connectivity index (χ3v) is 11.5. The quantitative estimate of drug-likeness (QED) is 0.0144. The van der Waals surface area contributed by atoms with E-state index in [1.807, 2.05) is 12.2 Å². The van der Waals surface area contributed by atoms with Crippen molar-refractivity contribution in [2.24, 2.45) is 5.92 Å². The Morgan fingerprint density at radius 2 is 0.969 bits per heavy atom. The zero-order chi connectivity index (χ0) is 47.7. The molecule has 0 radical (unpaired) electrons. The molecular formula is C47H86O15P2. The van der Waals surface area contributed by atoms with Gasteiger partial charge in [-0.2, -0.15) is 0 Å². The van der Waals surface area contributed by atoms with Crippen molar-refractivity contribution in [3.05, 3.63) is 48.6 Å². The van der Waals surface area contributed by atoms with E-state index in [1.165, 1.54) is 70.6 Å². The van der Waals surface area contributed by atoms with Gasteiger partial charge in [0.25, 0.3) is 0 Å². The first kappa shape index (κ1) is 62.0. The highest BCUT2D eigenvalue weighted by Gasteiger charge is 2.28. The van der Waals surface area contributed by atoms with Crippen molar-refractivity contribution in [1.29, 1.82) is 0 Å². The topological polar surface area (TPSA) is 236 Å². The molecule has 374 valence electrons. The molecule has 17 heteroatoms. The van der Waals surface area contributed by atoms with Gasteiger partial charge in [0.05, 0.1) is 32.0 Å². The molecule has 1 unspecified atom stereocenters. The number of hydrogen-bond donors (Lipinski definition) is 6. The second kappa shape index (κ2) is 41.2. The van der Waals surface area contributed by atoms with Crippen molar-refractivity contribution in [3.8, 4) is 0 Å². The number of unbranched alkanes of at least 4 members (excludes halogenated alkanes) is 14. The van der Waals surface area contributed by atoms with Crippen molar-refractivity contribution in [1.82, 2.24) is 0 Å². The average molecular weight is 953 g/mol. The maximum atomic E-state index is 12.7. The van der Waals surface area contributed by atoms with Crippen molar-refractivity contribution in [2.45, 2.75) is 206 Å². The van der Waals surface area contributed by atoms with E-state index in [-0.39, 0.29) is 32.1 Å². The lowest BCUT2D eigenvalue weighted by molar-refractivity contribution is -0.161. The summed E-state index contributed by atoms with van der Waals surface area (Å²) in [5.41, 5.74) is 0. The van der Waals surface area contributed by atoms with E-state index >= 15 is 0 Å². The molecular weight excluding hydrogens is 866 g/mol. The molecule has 0 amide bonds. The lowest BCUT2D eigenvalue weighted by Gasteiger charge is -2.20. The summed E-state index contributed by atoms with van der Waals surface area (Å²) in [6, 6.07) is 0. The van der Waals surface area contributed by atoms with Crippen LogP contribution >= 0.6 is 15.6 Å². The Morgan fingerprint density at radius 3 is 1.48 bits per heavy atom. The van der Waals surface area contributed by atoms with Crippen LogP contribution in [0.1, 0.15) is 181 Å². The van der Waals surface area contributed by atoms with Gasteiger partial charge in [-0.3, -0.25) is 23.2 Å². The molecule has 0 spiro atoms. The summed E-state index contributed by atoms with van der Waals surface area (Å²) in [6.07, 6.45) is 34.2. The highest BCUT2D eigenvalue weighted by molar-refractivity contribution is 7.47. The van der Waals surface area contributed by atoms with Gasteiger partial charge in [0.2, 0.25) is 0 Å². The van der Waals surface area contributed by atoms with Gasteiger partial charge in [-0.05, 0) is 57.3 Å². The third kappa shape index (κ3) is 43.9. The summed E-state index contributed by atoms with van der Waals surface area (Å²) < 4.78 is 47.7. The molecule has 0 saturated carbocycles. The van der Waals surface area contributed by atoms with Crippen LogP contribution in [-0.4, -0.2) is 92.8 Å². The molecule has 5 atom stereocenters. The number of phosphoric ester groups is 2. The molecule has 0 aliphatic rings. The number of aliphatic hydroxyl groups is 3. The van der Waals surface area contributed by atoms with E-state index < -0.39 is 78.4 Å². The summed E-state index contributed by atoms with van der Waals surface area (Å²) >= 11 is 0. The molecule has 0 fully saturated rings. The van der Waals surface area contributed by atoms with Gasteiger partial charge < -0.3 is 39.5 Å². The Labute approximate surface area is 385 Å². The van der Waals surface area contributed by atoms with Crippen molar-refractivity contribution in [2.75, 3.05) is 26.4 Å². The van der Waals surface area contributed by atoms with Gasteiger partial charge in [-0.25, -0.2) is 9.13 Å². The van der Waals surface area contributed by atoms with Crippen LogP contribution in [0.3, 0.4) is 0 Å². The predicted molar refractivity (Wildman–Crippen MR) is 251 cm³/mol. The smallest absolute Gasteiger partial charge is 0.462 e. The number of phosphoric acid groups is 2. The Kier molecular flexibility index (Phi) is 39.9. The Balaban J connectivity index is 4.66. The minimum absolute atomic E-state index is 0.0718. The molecule has 15 nitrogen and oxygen atoms in total. The first-order chi connectivity index (χ1) is 30.5. The predicted octanol–water partition coefficient (Wildman–Crippen LogP) is 10.4. The number of allylic oxidation sites excluding steroid dienone is 7. The Morgan fingerprint density at radius 1 is 0.516 bits per heavy atom. The summed E-state index contributed by atoms with van der Waals surface area (Å²) in [4.78, 5) is 52.9. The van der Waals surface area contributed by atoms with E-state index in [1.54, 1.807) is 6.08 Å². The van der Waals surface area contributed by atoms with Gasteiger partial charge in [-0.15, -0.1) is 0 Å². The fourth-order valence-corrected chi connectivity index (χ4v) is 7.54. The molecule has 0 rings (SSSR count). The summed E-state index contributed by atoms with van der Waals surface area (Å²) in [5, 5.41) is 30.5. The molecule has 0 aliphatic carbocycles. The van der Waals surface area contributed by atoms with Crippen LogP contribution in [0.2, 0.25) is 0 Å². The molecule has 0 aliphatic heterocycles. The number of aliphatic hydroxyl groups excluding tert-OH is 3. The third-order valence-electron chi connectivity index (χ3n) is 10.1. The maximum Gasteiger partial charge on any atom is 0.472 e. The number of rotatable bonds is 44. The number of carbonyl (C=O) groups is 2. The lowest BCUT2D eigenvalue weighted by Crippen LogP contribution is -2.30. The van der Waals surface area contributed by atoms with Crippen LogP contribution < -0.4 is 0 Å². The Hall–Kier alpha value is -2.00. The molecule has 0 saturated heterocycles. The zero-order valence-corrected chi connectivity index (χ0v) is 41.1. The maximum absolute atomic E-state index is 12.7. The van der Waals surface area contributed by atoms with Crippen LogP contribution in [0, 0.1) is 5.92 Å². The molecule has 0 heterocycles. The standard InChI is InChI=1S/C47H86O15P2/c1-4-5-6-7-8-9-10-17-20-23-26-29-33-44(49)45(50)34-31-36-46(51)58-39-43(40-61-64(56,57)60-38-42(48)37-59-63(53,54)55)62-47(52)35-30-27-24-21-18-15-13-11-12-14-16-19-22-25-28-32-41(2)3/h5-6,8-9,17,20,26,29,41-45,48-50H,4,7,10-16,18-19,21-25,27-28,30-40H2,1-3H3,(H,56,57)(H2,53,54,55)/b6-5-,9-8-,20-17-,29-26-/t42-,43+,44-,45-/m0/s1. The average Bonchev–Trinajstić information content (AvgIpc) is 3.24. The molecule has 64 heavy (non-hydrogen) atoms. The summed E-state index contributed by atoms with van der Waals surface area (Å²) in [7, 11) is -9.78.